The minimum absolute atomic E-state index is 0.0135. The largest absolute Gasteiger partial charge is 0.461 e. The van der Waals surface area contributed by atoms with Gasteiger partial charge in [0.2, 0.25) is 0 Å². The zero-order valence-electron chi connectivity index (χ0n) is 35.9. The van der Waals surface area contributed by atoms with Crippen molar-refractivity contribution in [3.8, 4) is 0 Å². The molecule has 0 saturated carbocycles. The van der Waals surface area contributed by atoms with Crippen LogP contribution in [0.3, 0.4) is 0 Å². The molecule has 11 nitrogen and oxygen atoms in total. The van der Waals surface area contributed by atoms with E-state index in [2.05, 4.69) is 26.0 Å². The van der Waals surface area contributed by atoms with Crippen molar-refractivity contribution in [1.29, 1.82) is 0 Å². The Balaban J connectivity index is 4.11. The zero-order valence-corrected chi connectivity index (χ0v) is 35.9. The predicted octanol–water partition coefficient (Wildman–Crippen LogP) is 9.27. The first-order chi connectivity index (χ1) is 27.6. The highest BCUT2D eigenvalue weighted by Gasteiger charge is 2.11. The zero-order chi connectivity index (χ0) is 40.7. The lowest BCUT2D eigenvalue weighted by Gasteiger charge is -2.18. The standard InChI is InChI=1S/C45H84O11/c1-3-5-7-9-11-18-25-32-55-44(47)27-21-15-13-17-23-30-52-41-43(42-53-40-39-51-38-37-50-36-35-49-34-29-46)54-31-24-20-14-16-22-28-45(48)56-33-26-19-12-10-8-6-4-2/h18-19,25-26,43,46H,3-17,20-24,27-42H2,1-2H3/b25-18-,26-19-. The van der Waals surface area contributed by atoms with Crippen LogP contribution >= 0.6 is 0 Å². The third-order valence-corrected chi connectivity index (χ3v) is 8.97. The highest BCUT2D eigenvalue weighted by molar-refractivity contribution is 5.69. The van der Waals surface area contributed by atoms with E-state index in [-0.39, 0.29) is 24.6 Å². The Morgan fingerprint density at radius 3 is 1.36 bits per heavy atom. The summed E-state index contributed by atoms with van der Waals surface area (Å²) in [4.78, 5) is 24.0. The minimum atomic E-state index is -0.153. The molecule has 1 N–H and O–H groups in total. The van der Waals surface area contributed by atoms with E-state index in [1.807, 2.05) is 12.2 Å². The van der Waals surface area contributed by atoms with E-state index >= 15 is 0 Å². The molecule has 0 aliphatic carbocycles. The predicted molar refractivity (Wildman–Crippen MR) is 224 cm³/mol. The molecule has 1 atom stereocenters. The highest BCUT2D eigenvalue weighted by atomic mass is 16.6. The van der Waals surface area contributed by atoms with E-state index in [1.54, 1.807) is 0 Å². The molecular weight excluding hydrogens is 716 g/mol. The maximum Gasteiger partial charge on any atom is 0.306 e. The van der Waals surface area contributed by atoms with Crippen molar-refractivity contribution in [3.63, 3.8) is 0 Å². The van der Waals surface area contributed by atoms with Crippen LogP contribution in [0.25, 0.3) is 0 Å². The molecule has 0 radical (unpaired) electrons. The van der Waals surface area contributed by atoms with Crippen LogP contribution in [0.1, 0.15) is 155 Å². The van der Waals surface area contributed by atoms with Gasteiger partial charge < -0.3 is 43.0 Å². The first-order valence-corrected chi connectivity index (χ1v) is 22.4. The summed E-state index contributed by atoms with van der Waals surface area (Å²) in [6, 6.07) is 0. The number of carbonyl (C=O) groups is 2. The fraction of sp³-hybridized carbons (Fsp3) is 0.867. The minimum Gasteiger partial charge on any atom is -0.461 e. The van der Waals surface area contributed by atoms with Gasteiger partial charge in [0.25, 0.3) is 0 Å². The van der Waals surface area contributed by atoms with Gasteiger partial charge in [-0.3, -0.25) is 9.59 Å². The van der Waals surface area contributed by atoms with Gasteiger partial charge in [-0.25, -0.2) is 0 Å². The molecule has 1 unspecified atom stereocenters. The molecule has 0 aromatic heterocycles. The van der Waals surface area contributed by atoms with E-state index in [0.29, 0.717) is 98.7 Å². The van der Waals surface area contributed by atoms with Crippen molar-refractivity contribution < 1.29 is 52.6 Å². The van der Waals surface area contributed by atoms with Crippen molar-refractivity contribution in [3.05, 3.63) is 24.3 Å². The van der Waals surface area contributed by atoms with Gasteiger partial charge in [0.15, 0.2) is 0 Å². The van der Waals surface area contributed by atoms with E-state index in [9.17, 15) is 9.59 Å². The Morgan fingerprint density at radius 1 is 0.446 bits per heavy atom. The summed E-state index contributed by atoms with van der Waals surface area (Å²) in [7, 11) is 0. The first-order valence-electron chi connectivity index (χ1n) is 22.4. The molecular formula is C45H84O11. The summed E-state index contributed by atoms with van der Waals surface area (Å²) in [6.45, 7) is 10.5. The molecule has 0 bridgehead atoms. The monoisotopic (exact) mass is 801 g/mol. The quantitative estimate of drug-likeness (QED) is 0.0360. The molecule has 0 spiro atoms. The van der Waals surface area contributed by atoms with Crippen LogP contribution in [-0.4, -0.2) is 116 Å². The molecule has 56 heavy (non-hydrogen) atoms. The number of hydrogen-bond acceptors (Lipinski definition) is 11. The molecule has 0 aliphatic heterocycles. The van der Waals surface area contributed by atoms with Gasteiger partial charge in [0.1, 0.15) is 19.3 Å². The molecule has 0 amide bonds. The molecule has 11 heteroatoms. The van der Waals surface area contributed by atoms with Gasteiger partial charge in [-0.15, -0.1) is 0 Å². The van der Waals surface area contributed by atoms with Crippen LogP contribution in [0.2, 0.25) is 0 Å². The topological polar surface area (TPSA) is 128 Å². The van der Waals surface area contributed by atoms with Crippen LogP contribution in [0.5, 0.6) is 0 Å². The number of aliphatic hydroxyl groups excluding tert-OH is 1. The summed E-state index contributed by atoms with van der Waals surface area (Å²) >= 11 is 0. The molecule has 0 saturated heterocycles. The molecule has 0 aromatic carbocycles. The third-order valence-electron chi connectivity index (χ3n) is 8.97. The highest BCUT2D eigenvalue weighted by Crippen LogP contribution is 2.10. The van der Waals surface area contributed by atoms with E-state index in [1.165, 1.54) is 51.4 Å². The average molecular weight is 801 g/mol. The fourth-order valence-electron chi connectivity index (χ4n) is 5.63. The van der Waals surface area contributed by atoms with Crippen LogP contribution in [0.15, 0.2) is 24.3 Å². The Labute approximate surface area is 341 Å². The van der Waals surface area contributed by atoms with Crippen molar-refractivity contribution >= 4 is 11.9 Å². The maximum absolute atomic E-state index is 12.0. The van der Waals surface area contributed by atoms with Crippen molar-refractivity contribution in [2.75, 3.05) is 92.5 Å². The lowest BCUT2D eigenvalue weighted by atomic mass is 10.1. The third kappa shape index (κ3) is 44.8. The lowest BCUT2D eigenvalue weighted by Crippen LogP contribution is -2.27. The Bertz CT molecular complexity index is 867. The second kappa shape index (κ2) is 47.5. The second-order valence-electron chi connectivity index (χ2n) is 14.2. The van der Waals surface area contributed by atoms with Crippen LogP contribution in [0, 0.1) is 0 Å². The second-order valence-corrected chi connectivity index (χ2v) is 14.2. The SMILES string of the molecule is CCCCCC/C=C\COC(=O)CCCCCCCOCC(COCCOCCOCCOCCO)OCCCCCCCC(=O)OC/C=C\CCCCCC. The number of hydrogen-bond donors (Lipinski definition) is 1. The molecule has 0 fully saturated rings. The lowest BCUT2D eigenvalue weighted by molar-refractivity contribution is -0.143. The number of rotatable bonds is 46. The fourth-order valence-corrected chi connectivity index (χ4v) is 5.63. The first kappa shape index (κ1) is 54.1. The normalized spacial score (nSPS) is 12.3. The number of esters is 2. The number of carbonyl (C=O) groups excluding carboxylic acids is 2. The number of allylic oxidation sites excluding steroid dienone is 2. The summed E-state index contributed by atoms with van der Waals surface area (Å²) < 4.78 is 44.8. The Morgan fingerprint density at radius 2 is 0.857 bits per heavy atom. The van der Waals surface area contributed by atoms with Crippen molar-refractivity contribution in [1.82, 2.24) is 0 Å². The maximum atomic E-state index is 12.0. The number of ether oxygens (including phenoxy) is 8. The Kier molecular flexibility index (Phi) is 45.9. The molecule has 0 aromatic rings. The molecule has 0 aliphatic rings. The van der Waals surface area contributed by atoms with Crippen molar-refractivity contribution in [2.24, 2.45) is 0 Å². The van der Waals surface area contributed by atoms with Gasteiger partial charge >= 0.3 is 11.9 Å². The van der Waals surface area contributed by atoms with Gasteiger partial charge in [-0.1, -0.05) is 115 Å². The average Bonchev–Trinajstić information content (AvgIpc) is 3.20. The smallest absolute Gasteiger partial charge is 0.306 e. The summed E-state index contributed by atoms with van der Waals surface area (Å²) in [6.07, 6.45) is 30.9. The van der Waals surface area contributed by atoms with Crippen LogP contribution in [0.4, 0.5) is 0 Å². The van der Waals surface area contributed by atoms with E-state index in [0.717, 1.165) is 77.0 Å². The van der Waals surface area contributed by atoms with Crippen LogP contribution in [-0.2, 0) is 47.5 Å². The van der Waals surface area contributed by atoms with Crippen LogP contribution < -0.4 is 0 Å². The van der Waals surface area contributed by atoms with Crippen molar-refractivity contribution in [2.45, 2.75) is 161 Å². The number of aliphatic hydroxyl groups is 1. The molecule has 0 heterocycles. The summed E-state index contributed by atoms with van der Waals surface area (Å²) in [5, 5.41) is 8.71. The van der Waals surface area contributed by atoms with E-state index < -0.39 is 0 Å². The number of unbranched alkanes of at least 4 members (excludes halogenated alkanes) is 16. The Hall–Kier alpha value is -1.86. The van der Waals surface area contributed by atoms with Gasteiger partial charge in [0.05, 0.1) is 66.1 Å². The van der Waals surface area contributed by atoms with Gasteiger partial charge in [0, 0.05) is 26.1 Å². The summed E-state index contributed by atoms with van der Waals surface area (Å²) in [5.74, 6) is -0.228. The molecule has 330 valence electrons. The summed E-state index contributed by atoms with van der Waals surface area (Å²) in [5.41, 5.74) is 0. The molecule has 0 rings (SSSR count). The van der Waals surface area contributed by atoms with Gasteiger partial charge in [-0.2, -0.15) is 0 Å². The van der Waals surface area contributed by atoms with E-state index in [4.69, 9.17) is 43.0 Å². The van der Waals surface area contributed by atoms with Gasteiger partial charge in [-0.05, 0) is 51.4 Å².